The van der Waals surface area contributed by atoms with Crippen LogP contribution in [0, 0.1) is 0 Å². The summed E-state index contributed by atoms with van der Waals surface area (Å²) < 4.78 is 7.80. The second kappa shape index (κ2) is 8.13. The minimum absolute atomic E-state index is 0.0249. The van der Waals surface area contributed by atoms with Crippen molar-refractivity contribution in [3.05, 3.63) is 54.6 Å². The maximum absolute atomic E-state index is 11.2. The maximum atomic E-state index is 11.2. The van der Waals surface area contributed by atoms with Crippen molar-refractivity contribution in [2.45, 2.75) is 19.1 Å². The lowest BCUT2D eigenvalue weighted by Crippen LogP contribution is -2.35. The van der Waals surface area contributed by atoms with Gasteiger partial charge in [0, 0.05) is 44.5 Å². The van der Waals surface area contributed by atoms with E-state index in [2.05, 4.69) is 25.0 Å². The number of carbonyl (C=O) groups is 1. The van der Waals surface area contributed by atoms with E-state index in [0.29, 0.717) is 37.0 Å². The average Bonchev–Trinajstić information content (AvgIpc) is 3.12. The minimum Gasteiger partial charge on any atom is -0.478 e. The van der Waals surface area contributed by atoms with Gasteiger partial charge in [0.25, 0.3) is 0 Å². The number of aromatic carboxylic acids is 1. The van der Waals surface area contributed by atoms with Crippen LogP contribution in [0.5, 0.6) is 0 Å². The predicted molar refractivity (Wildman–Crippen MR) is 101 cm³/mol. The van der Waals surface area contributed by atoms with E-state index < -0.39 is 5.97 Å². The Morgan fingerprint density at radius 1 is 1.21 bits per heavy atom. The van der Waals surface area contributed by atoms with Crippen LogP contribution in [0.25, 0.3) is 11.4 Å². The van der Waals surface area contributed by atoms with Crippen LogP contribution in [0.2, 0.25) is 0 Å². The molecule has 28 heavy (non-hydrogen) atoms. The van der Waals surface area contributed by atoms with Crippen LogP contribution >= 0.6 is 0 Å². The summed E-state index contributed by atoms with van der Waals surface area (Å²) >= 11 is 0. The number of nitrogens with zero attached hydrogens (tertiary/aromatic N) is 6. The van der Waals surface area contributed by atoms with E-state index in [-0.39, 0.29) is 11.7 Å². The average molecular weight is 380 g/mol. The number of hydrogen-bond donors (Lipinski definition) is 1. The molecule has 0 radical (unpaired) electrons. The maximum Gasteiger partial charge on any atom is 0.335 e. The molecule has 1 unspecified atom stereocenters. The Morgan fingerprint density at radius 3 is 2.93 bits per heavy atom. The van der Waals surface area contributed by atoms with Crippen molar-refractivity contribution < 1.29 is 14.6 Å². The van der Waals surface area contributed by atoms with Crippen molar-refractivity contribution >= 4 is 11.9 Å². The minimum atomic E-state index is -0.996. The Balaban J connectivity index is 1.56. The lowest BCUT2D eigenvalue weighted by molar-refractivity contribution is 0.0543. The van der Waals surface area contributed by atoms with Gasteiger partial charge in [-0.2, -0.15) is 5.10 Å². The molecule has 1 saturated heterocycles. The Hall–Kier alpha value is -3.33. The molecule has 0 saturated carbocycles. The highest BCUT2D eigenvalue weighted by molar-refractivity contribution is 5.88. The zero-order valence-electron chi connectivity index (χ0n) is 15.2. The molecule has 1 atom stereocenters. The zero-order valence-corrected chi connectivity index (χ0v) is 15.2. The molecule has 144 valence electrons. The van der Waals surface area contributed by atoms with Crippen molar-refractivity contribution in [1.29, 1.82) is 0 Å². The normalized spacial score (nSPS) is 17.3. The molecule has 0 aliphatic carbocycles. The molecule has 3 aromatic rings. The van der Waals surface area contributed by atoms with E-state index in [9.17, 15) is 9.90 Å². The third-order valence-electron chi connectivity index (χ3n) is 4.49. The third-order valence-corrected chi connectivity index (χ3v) is 4.49. The summed E-state index contributed by atoms with van der Waals surface area (Å²) in [5.74, 6) is -0.417. The lowest BCUT2D eigenvalue weighted by Gasteiger charge is -2.24. The highest BCUT2D eigenvalue weighted by Gasteiger charge is 2.22. The van der Waals surface area contributed by atoms with Crippen LogP contribution in [0.15, 0.2) is 49.1 Å². The molecule has 0 aromatic carbocycles. The molecule has 3 aromatic heterocycles. The van der Waals surface area contributed by atoms with Crippen LogP contribution in [0.4, 0.5) is 5.95 Å². The highest BCUT2D eigenvalue weighted by atomic mass is 16.5. The summed E-state index contributed by atoms with van der Waals surface area (Å²) in [5.41, 5.74) is 1.26. The smallest absolute Gasteiger partial charge is 0.335 e. The quantitative estimate of drug-likeness (QED) is 0.713. The molecule has 1 aliphatic rings. The van der Waals surface area contributed by atoms with E-state index >= 15 is 0 Å². The van der Waals surface area contributed by atoms with Gasteiger partial charge < -0.3 is 14.7 Å². The standard InChI is InChI=1S/C19H20N6O3/c26-18(27)14-3-6-20-17(11-14)16-4-7-21-19(23-16)24-8-2-10-28-15(12-24)13-25-9-1-5-22-25/h1,3-7,9,11,15H,2,8,10,12-13H2,(H,26,27). The van der Waals surface area contributed by atoms with Gasteiger partial charge >= 0.3 is 5.97 Å². The van der Waals surface area contributed by atoms with Crippen LogP contribution in [-0.2, 0) is 11.3 Å². The topological polar surface area (TPSA) is 106 Å². The van der Waals surface area contributed by atoms with Gasteiger partial charge in [0.1, 0.15) is 0 Å². The van der Waals surface area contributed by atoms with Gasteiger partial charge in [0.2, 0.25) is 5.95 Å². The molecular weight excluding hydrogens is 360 g/mol. The molecule has 9 nitrogen and oxygen atoms in total. The van der Waals surface area contributed by atoms with Crippen molar-refractivity contribution in [2.75, 3.05) is 24.6 Å². The fraction of sp³-hybridized carbons (Fsp3) is 0.316. The second-order valence-electron chi connectivity index (χ2n) is 6.50. The Kier molecular flexibility index (Phi) is 5.24. The van der Waals surface area contributed by atoms with Crippen LogP contribution < -0.4 is 4.90 Å². The number of carboxylic acids is 1. The molecule has 1 N–H and O–H groups in total. The van der Waals surface area contributed by atoms with Crippen LogP contribution in [0.1, 0.15) is 16.8 Å². The van der Waals surface area contributed by atoms with Crippen molar-refractivity contribution in [3.8, 4) is 11.4 Å². The first-order chi connectivity index (χ1) is 13.7. The summed E-state index contributed by atoms with van der Waals surface area (Å²) in [7, 11) is 0. The first-order valence-electron chi connectivity index (χ1n) is 9.06. The number of rotatable bonds is 5. The van der Waals surface area contributed by atoms with E-state index in [1.54, 1.807) is 18.5 Å². The molecule has 0 spiro atoms. The first kappa shape index (κ1) is 18.1. The number of anilines is 1. The fourth-order valence-electron chi connectivity index (χ4n) is 3.15. The van der Waals surface area contributed by atoms with Gasteiger partial charge in [-0.1, -0.05) is 0 Å². The summed E-state index contributed by atoms with van der Waals surface area (Å²) in [6, 6.07) is 6.59. The monoisotopic (exact) mass is 380 g/mol. The second-order valence-corrected chi connectivity index (χ2v) is 6.50. The fourth-order valence-corrected chi connectivity index (χ4v) is 3.15. The largest absolute Gasteiger partial charge is 0.478 e. The Morgan fingerprint density at radius 2 is 2.11 bits per heavy atom. The predicted octanol–water partition coefficient (Wildman–Crippen LogP) is 1.73. The molecule has 1 aliphatic heterocycles. The van der Waals surface area contributed by atoms with Gasteiger partial charge in [-0.25, -0.2) is 14.8 Å². The molecule has 0 bridgehead atoms. The molecule has 9 heteroatoms. The Labute approximate surface area is 161 Å². The van der Waals surface area contributed by atoms with Gasteiger partial charge in [0.05, 0.1) is 29.6 Å². The van der Waals surface area contributed by atoms with Crippen LogP contribution in [0.3, 0.4) is 0 Å². The van der Waals surface area contributed by atoms with Crippen molar-refractivity contribution in [2.24, 2.45) is 0 Å². The van der Waals surface area contributed by atoms with Crippen molar-refractivity contribution in [3.63, 3.8) is 0 Å². The molecule has 1 fully saturated rings. The summed E-state index contributed by atoms with van der Waals surface area (Å²) in [6.45, 7) is 2.75. The van der Waals surface area contributed by atoms with Crippen LogP contribution in [-0.4, -0.2) is 61.6 Å². The lowest BCUT2D eigenvalue weighted by atomic mass is 10.2. The van der Waals surface area contributed by atoms with Gasteiger partial charge in [-0.15, -0.1) is 0 Å². The SMILES string of the molecule is O=C(O)c1ccnc(-c2ccnc(N3CCCOC(Cn4cccn4)C3)n2)c1. The number of ether oxygens (including phenoxy) is 1. The number of pyridine rings is 1. The molecule has 4 rings (SSSR count). The molecular formula is C19H20N6O3. The molecule has 4 heterocycles. The summed E-state index contributed by atoms with van der Waals surface area (Å²) in [4.78, 5) is 26.6. The highest BCUT2D eigenvalue weighted by Crippen LogP contribution is 2.20. The zero-order chi connectivity index (χ0) is 19.3. The number of aromatic nitrogens is 5. The van der Waals surface area contributed by atoms with Crippen molar-refractivity contribution in [1.82, 2.24) is 24.7 Å². The van der Waals surface area contributed by atoms with Gasteiger partial charge in [-0.05, 0) is 30.7 Å². The van der Waals surface area contributed by atoms with E-state index in [1.807, 2.05) is 16.9 Å². The van der Waals surface area contributed by atoms with E-state index in [0.717, 1.165) is 13.0 Å². The molecule has 0 amide bonds. The number of hydrogen-bond acceptors (Lipinski definition) is 7. The first-order valence-corrected chi connectivity index (χ1v) is 9.06. The Bertz CT molecular complexity index is 946. The third kappa shape index (κ3) is 4.15. The number of carboxylic acid groups (broad SMARTS) is 1. The van der Waals surface area contributed by atoms with Gasteiger partial charge in [-0.3, -0.25) is 9.67 Å². The van der Waals surface area contributed by atoms with E-state index in [1.165, 1.54) is 18.3 Å². The summed E-state index contributed by atoms with van der Waals surface area (Å²) in [5, 5.41) is 13.4. The van der Waals surface area contributed by atoms with E-state index in [4.69, 9.17) is 4.74 Å². The summed E-state index contributed by atoms with van der Waals surface area (Å²) in [6.07, 6.45) is 7.65. The van der Waals surface area contributed by atoms with Gasteiger partial charge in [0.15, 0.2) is 0 Å².